The summed E-state index contributed by atoms with van der Waals surface area (Å²) in [5, 5.41) is 9.17. The molecule has 1 atom stereocenters. The Morgan fingerprint density at radius 1 is 1.44 bits per heavy atom. The largest absolute Gasteiger partial charge is 0.444 e. The molecule has 1 aliphatic heterocycles. The van der Waals surface area contributed by atoms with Gasteiger partial charge < -0.3 is 4.74 Å². The second-order valence-electron chi connectivity index (χ2n) is 5.47. The summed E-state index contributed by atoms with van der Waals surface area (Å²) in [5.74, 6) is 0. The Kier molecular flexibility index (Phi) is 3.47. The Morgan fingerprint density at radius 3 is 2.56 bits per heavy atom. The van der Waals surface area contributed by atoms with Gasteiger partial charge >= 0.3 is 6.09 Å². The number of ether oxygens (including phenoxy) is 1. The normalized spacial score (nSPS) is 26.1. The first-order valence-electron chi connectivity index (χ1n) is 5.70. The van der Waals surface area contributed by atoms with E-state index in [1.165, 1.54) is 0 Å². The number of piperidine rings is 1. The van der Waals surface area contributed by atoms with Crippen LogP contribution in [0.5, 0.6) is 0 Å². The Bertz CT molecular complexity index is 314. The highest BCUT2D eigenvalue weighted by Gasteiger charge is 2.39. The lowest BCUT2D eigenvalue weighted by molar-refractivity contribution is 0.00115. The molecule has 0 aromatic heterocycles. The minimum atomic E-state index is -0.708. The van der Waals surface area contributed by atoms with Crippen LogP contribution < -0.4 is 0 Å². The number of hydrogen-bond donors (Lipinski definition) is 0. The Balaban J connectivity index is 2.78. The molecule has 0 aromatic carbocycles. The molecule has 1 rings (SSSR count). The van der Waals surface area contributed by atoms with E-state index < -0.39 is 11.1 Å². The molecule has 1 unspecified atom stereocenters. The molecule has 0 aromatic rings. The van der Waals surface area contributed by atoms with Crippen LogP contribution in [-0.4, -0.2) is 28.7 Å². The summed E-state index contributed by atoms with van der Waals surface area (Å²) in [6.07, 6.45) is 2.28. The summed E-state index contributed by atoms with van der Waals surface area (Å²) in [5.41, 5.74) is -1.22. The van der Waals surface area contributed by atoms with Gasteiger partial charge in [0.1, 0.15) is 11.1 Å². The number of nitrogens with zero attached hydrogens (tertiary/aromatic N) is 2. The zero-order valence-corrected chi connectivity index (χ0v) is 10.5. The quantitative estimate of drug-likeness (QED) is 0.635. The van der Waals surface area contributed by atoms with Crippen molar-refractivity contribution in [3.63, 3.8) is 0 Å². The molecule has 0 N–H and O–H groups in total. The standard InChI is InChI=1S/C12H20N2O2/c1-11(2,3)16-10(15)14-8-6-5-7-12(14,4)9-13/h5-8H2,1-4H3. The highest BCUT2D eigenvalue weighted by molar-refractivity contribution is 5.70. The number of amides is 1. The van der Waals surface area contributed by atoms with Crippen LogP contribution in [0.4, 0.5) is 4.79 Å². The van der Waals surface area contributed by atoms with Gasteiger partial charge in [0.15, 0.2) is 0 Å². The second-order valence-corrected chi connectivity index (χ2v) is 5.47. The number of nitriles is 1. The van der Waals surface area contributed by atoms with Crippen molar-refractivity contribution in [3.8, 4) is 6.07 Å². The summed E-state index contributed by atoms with van der Waals surface area (Å²) in [6, 6.07) is 2.22. The van der Waals surface area contributed by atoms with E-state index >= 15 is 0 Å². The lowest BCUT2D eigenvalue weighted by Gasteiger charge is -2.40. The van der Waals surface area contributed by atoms with E-state index in [4.69, 9.17) is 10.00 Å². The maximum atomic E-state index is 11.9. The van der Waals surface area contributed by atoms with Gasteiger partial charge in [-0.05, 0) is 47.0 Å². The molecular weight excluding hydrogens is 204 g/mol. The van der Waals surface area contributed by atoms with Gasteiger partial charge in [-0.25, -0.2) is 4.79 Å². The van der Waals surface area contributed by atoms with Gasteiger partial charge in [0.05, 0.1) is 6.07 Å². The predicted molar refractivity (Wildman–Crippen MR) is 60.8 cm³/mol. The SMILES string of the molecule is CC(C)(C)OC(=O)N1CCCCC1(C)C#N. The van der Waals surface area contributed by atoms with Crippen molar-refractivity contribution in [3.05, 3.63) is 0 Å². The smallest absolute Gasteiger partial charge is 0.411 e. The van der Waals surface area contributed by atoms with Crippen LogP contribution in [0.1, 0.15) is 47.0 Å². The minimum Gasteiger partial charge on any atom is -0.444 e. The molecule has 16 heavy (non-hydrogen) atoms. The lowest BCUT2D eigenvalue weighted by atomic mass is 9.90. The first-order valence-corrected chi connectivity index (χ1v) is 5.70. The van der Waals surface area contributed by atoms with E-state index in [9.17, 15) is 4.79 Å². The average Bonchev–Trinajstić information content (AvgIpc) is 2.15. The van der Waals surface area contributed by atoms with Crippen LogP contribution in [0, 0.1) is 11.3 Å². The van der Waals surface area contributed by atoms with E-state index in [-0.39, 0.29) is 6.09 Å². The van der Waals surface area contributed by atoms with Gasteiger partial charge in [0, 0.05) is 6.54 Å². The number of carbonyl (C=O) groups excluding carboxylic acids is 1. The summed E-state index contributed by atoms with van der Waals surface area (Å²) >= 11 is 0. The van der Waals surface area contributed by atoms with Gasteiger partial charge in [-0.2, -0.15) is 5.26 Å². The molecule has 0 aliphatic carbocycles. The third-order valence-corrected chi connectivity index (χ3v) is 2.75. The van der Waals surface area contributed by atoms with Crippen molar-refractivity contribution >= 4 is 6.09 Å². The van der Waals surface area contributed by atoms with Gasteiger partial charge in [-0.1, -0.05) is 0 Å². The van der Waals surface area contributed by atoms with Crippen molar-refractivity contribution in [1.29, 1.82) is 5.26 Å². The second kappa shape index (κ2) is 4.32. The molecule has 0 saturated carbocycles. The Hall–Kier alpha value is -1.24. The first kappa shape index (κ1) is 12.8. The first-order chi connectivity index (χ1) is 7.28. The highest BCUT2D eigenvalue weighted by Crippen LogP contribution is 2.28. The van der Waals surface area contributed by atoms with Crippen LogP contribution in [0.25, 0.3) is 0 Å². The van der Waals surface area contributed by atoms with Crippen molar-refractivity contribution in [2.24, 2.45) is 0 Å². The lowest BCUT2D eigenvalue weighted by Crippen LogP contribution is -2.53. The third-order valence-electron chi connectivity index (χ3n) is 2.75. The van der Waals surface area contributed by atoms with Crippen molar-refractivity contribution in [2.75, 3.05) is 6.54 Å². The Labute approximate surface area is 97.2 Å². The van der Waals surface area contributed by atoms with Crippen LogP contribution in [-0.2, 0) is 4.74 Å². The summed E-state index contributed by atoms with van der Waals surface area (Å²) < 4.78 is 5.31. The molecule has 4 heteroatoms. The Morgan fingerprint density at radius 2 is 2.06 bits per heavy atom. The molecule has 0 spiro atoms. The van der Waals surface area contributed by atoms with Gasteiger partial charge in [0.2, 0.25) is 0 Å². The third kappa shape index (κ3) is 2.88. The fourth-order valence-corrected chi connectivity index (χ4v) is 1.85. The van der Waals surface area contributed by atoms with E-state index in [2.05, 4.69) is 6.07 Å². The molecule has 1 fully saturated rings. The van der Waals surface area contributed by atoms with Crippen molar-refractivity contribution < 1.29 is 9.53 Å². The molecule has 1 heterocycles. The summed E-state index contributed by atoms with van der Waals surface area (Å²) in [4.78, 5) is 13.5. The van der Waals surface area contributed by atoms with E-state index in [0.717, 1.165) is 19.3 Å². The fraction of sp³-hybridized carbons (Fsp3) is 0.833. The van der Waals surface area contributed by atoms with Crippen molar-refractivity contribution in [1.82, 2.24) is 4.90 Å². The molecule has 4 nitrogen and oxygen atoms in total. The maximum absolute atomic E-state index is 11.9. The van der Waals surface area contributed by atoms with Crippen LogP contribution in [0.15, 0.2) is 0 Å². The highest BCUT2D eigenvalue weighted by atomic mass is 16.6. The van der Waals surface area contributed by atoms with Crippen molar-refractivity contribution in [2.45, 2.75) is 58.1 Å². The predicted octanol–water partition coefficient (Wildman–Crippen LogP) is 2.69. The minimum absolute atomic E-state index is 0.378. The summed E-state index contributed by atoms with van der Waals surface area (Å²) in [7, 11) is 0. The zero-order chi connectivity index (χ0) is 12.4. The molecule has 1 amide bonds. The number of rotatable bonds is 0. The van der Waals surface area contributed by atoms with Crippen LogP contribution in [0.3, 0.4) is 0 Å². The number of hydrogen-bond acceptors (Lipinski definition) is 3. The van der Waals surface area contributed by atoms with Gasteiger partial charge in [0.25, 0.3) is 0 Å². The van der Waals surface area contributed by atoms with Crippen LogP contribution in [0.2, 0.25) is 0 Å². The molecule has 1 saturated heterocycles. The molecule has 90 valence electrons. The van der Waals surface area contributed by atoms with E-state index in [1.54, 1.807) is 11.8 Å². The van der Waals surface area contributed by atoms with Gasteiger partial charge in [-0.15, -0.1) is 0 Å². The van der Waals surface area contributed by atoms with Crippen LogP contribution >= 0.6 is 0 Å². The molecular formula is C12H20N2O2. The topological polar surface area (TPSA) is 53.3 Å². The van der Waals surface area contributed by atoms with E-state index in [1.807, 2.05) is 20.8 Å². The number of carbonyl (C=O) groups is 1. The fourth-order valence-electron chi connectivity index (χ4n) is 1.85. The van der Waals surface area contributed by atoms with E-state index in [0.29, 0.717) is 6.54 Å². The summed E-state index contributed by atoms with van der Waals surface area (Å²) in [6.45, 7) is 7.91. The molecule has 0 bridgehead atoms. The number of likely N-dealkylation sites (tertiary alicyclic amines) is 1. The van der Waals surface area contributed by atoms with Gasteiger partial charge in [-0.3, -0.25) is 4.90 Å². The molecule has 1 aliphatic rings. The average molecular weight is 224 g/mol. The molecule has 0 radical (unpaired) electrons. The monoisotopic (exact) mass is 224 g/mol. The maximum Gasteiger partial charge on any atom is 0.411 e. The zero-order valence-electron chi connectivity index (χ0n) is 10.5.